The third kappa shape index (κ3) is 6.80. The van der Waals surface area contributed by atoms with Gasteiger partial charge in [0, 0.05) is 12.2 Å². The molecule has 3 amide bonds. The van der Waals surface area contributed by atoms with Gasteiger partial charge in [-0.25, -0.2) is 14.3 Å². The number of ether oxygens (including phenoxy) is 1. The Balaban J connectivity index is 1.52. The normalized spacial score (nSPS) is 17.4. The van der Waals surface area contributed by atoms with Crippen LogP contribution in [0, 0.1) is 0 Å². The van der Waals surface area contributed by atoms with Crippen LogP contribution in [0.1, 0.15) is 67.3 Å². The van der Waals surface area contributed by atoms with E-state index in [1.54, 1.807) is 33.0 Å². The quantitative estimate of drug-likeness (QED) is 0.278. The molecule has 3 aromatic rings. The molecule has 3 heterocycles. The fourth-order valence-corrected chi connectivity index (χ4v) is 4.34. The van der Waals surface area contributed by atoms with Gasteiger partial charge in [-0.2, -0.15) is 10.2 Å². The number of alkyl carbamates (subject to hydrolysis) is 1. The highest BCUT2D eigenvalue weighted by atomic mass is 16.6. The zero-order chi connectivity index (χ0) is 28.3. The number of amides is 3. The number of primary amides is 1. The van der Waals surface area contributed by atoms with E-state index in [1.807, 2.05) is 0 Å². The second kappa shape index (κ2) is 11.0. The van der Waals surface area contributed by atoms with Crippen LogP contribution in [0.3, 0.4) is 0 Å². The Morgan fingerprint density at radius 1 is 1.18 bits per heavy atom. The molecule has 4 rings (SSSR count). The van der Waals surface area contributed by atoms with Crippen molar-refractivity contribution in [1.29, 1.82) is 0 Å². The number of aromatic nitrogens is 5. The third-order valence-electron chi connectivity index (χ3n) is 5.96. The van der Waals surface area contributed by atoms with Gasteiger partial charge in [-0.05, 0) is 39.7 Å². The van der Waals surface area contributed by atoms with Gasteiger partial charge in [0.25, 0.3) is 11.8 Å². The lowest BCUT2D eigenvalue weighted by molar-refractivity contribution is -0.137. The molecule has 15 heteroatoms. The summed E-state index contributed by atoms with van der Waals surface area (Å²) in [5, 5.41) is 25.8. The minimum absolute atomic E-state index is 0.0411. The minimum atomic E-state index is -1.18. The second-order valence-electron chi connectivity index (χ2n) is 10.2. The molecular formula is C24H31N9O6. The van der Waals surface area contributed by atoms with Crippen molar-refractivity contribution in [3.05, 3.63) is 35.9 Å². The summed E-state index contributed by atoms with van der Waals surface area (Å²) in [5.41, 5.74) is 4.75. The summed E-state index contributed by atoms with van der Waals surface area (Å²) in [6.07, 6.45) is 7.20. The predicted molar refractivity (Wildman–Crippen MR) is 138 cm³/mol. The van der Waals surface area contributed by atoms with Gasteiger partial charge in [0.15, 0.2) is 11.3 Å². The number of nitrogens with zero attached hydrogens (tertiary/aromatic N) is 5. The van der Waals surface area contributed by atoms with Gasteiger partial charge < -0.3 is 31.5 Å². The van der Waals surface area contributed by atoms with Crippen molar-refractivity contribution in [2.24, 2.45) is 5.73 Å². The molecule has 0 aromatic carbocycles. The highest BCUT2D eigenvalue weighted by molar-refractivity contribution is 6.10. The van der Waals surface area contributed by atoms with E-state index in [1.165, 1.54) is 16.9 Å². The van der Waals surface area contributed by atoms with Crippen LogP contribution in [0.4, 0.5) is 16.3 Å². The molecule has 39 heavy (non-hydrogen) atoms. The molecular weight excluding hydrogens is 510 g/mol. The van der Waals surface area contributed by atoms with Crippen molar-refractivity contribution in [3.63, 3.8) is 0 Å². The summed E-state index contributed by atoms with van der Waals surface area (Å²) in [4.78, 5) is 52.8. The molecule has 0 radical (unpaired) electrons. The maximum absolute atomic E-state index is 13.1. The van der Waals surface area contributed by atoms with E-state index in [0.717, 1.165) is 30.4 Å². The Bertz CT molecular complexity index is 1410. The van der Waals surface area contributed by atoms with Crippen molar-refractivity contribution in [2.45, 2.75) is 70.7 Å². The van der Waals surface area contributed by atoms with E-state index in [-0.39, 0.29) is 34.7 Å². The molecule has 0 bridgehead atoms. The zero-order valence-corrected chi connectivity index (χ0v) is 21.8. The number of carbonyl (C=O) groups excluding carboxylic acids is 3. The smallest absolute Gasteiger partial charge is 0.407 e. The topological polar surface area (TPSA) is 208 Å². The molecule has 2 atom stereocenters. The molecule has 1 saturated carbocycles. The van der Waals surface area contributed by atoms with Crippen LogP contribution in [0.2, 0.25) is 0 Å². The third-order valence-corrected chi connectivity index (χ3v) is 5.96. The first-order valence-corrected chi connectivity index (χ1v) is 12.4. The van der Waals surface area contributed by atoms with E-state index in [2.05, 4.69) is 31.1 Å². The van der Waals surface area contributed by atoms with Crippen molar-refractivity contribution in [1.82, 2.24) is 29.7 Å². The van der Waals surface area contributed by atoms with E-state index < -0.39 is 36.0 Å². The number of hydrogen-bond donors (Lipinski definition) is 5. The van der Waals surface area contributed by atoms with Crippen LogP contribution in [0.25, 0.3) is 5.65 Å². The Labute approximate surface area is 223 Å². The Hall–Kier alpha value is -4.69. The molecule has 15 nitrogen and oxygen atoms in total. The van der Waals surface area contributed by atoms with Crippen molar-refractivity contribution in [2.75, 3.05) is 10.6 Å². The van der Waals surface area contributed by atoms with E-state index >= 15 is 0 Å². The Morgan fingerprint density at radius 2 is 1.90 bits per heavy atom. The molecule has 1 aliphatic carbocycles. The summed E-state index contributed by atoms with van der Waals surface area (Å²) in [5.74, 6) is -2.28. The fraction of sp³-hybridized carbons (Fsp3) is 0.458. The molecule has 3 aromatic heterocycles. The number of carboxylic acid groups (broad SMARTS) is 1. The fourth-order valence-electron chi connectivity index (χ4n) is 4.34. The molecule has 1 aliphatic rings. The number of nitrogens with two attached hydrogens (primary N) is 1. The summed E-state index contributed by atoms with van der Waals surface area (Å²) < 4.78 is 7.81. The van der Waals surface area contributed by atoms with Crippen LogP contribution >= 0.6 is 0 Å². The number of hydrogen-bond acceptors (Lipinski definition) is 9. The Morgan fingerprint density at radius 3 is 2.56 bits per heavy atom. The summed E-state index contributed by atoms with van der Waals surface area (Å²) in [7, 11) is 0. The average molecular weight is 542 g/mol. The summed E-state index contributed by atoms with van der Waals surface area (Å²) in [6.45, 7) is 4.89. The monoisotopic (exact) mass is 541 g/mol. The number of rotatable bonds is 8. The largest absolute Gasteiger partial charge is 0.480 e. The number of aliphatic carboxylic acids is 1. The van der Waals surface area contributed by atoms with E-state index in [9.17, 15) is 19.2 Å². The number of anilines is 2. The maximum atomic E-state index is 13.1. The number of carbonyl (C=O) groups is 4. The molecule has 1 fully saturated rings. The molecule has 0 spiro atoms. The van der Waals surface area contributed by atoms with Crippen molar-refractivity contribution < 1.29 is 29.0 Å². The standard InChI is InChI=1S/C24H31N9O6/c1-24(2,3)39-23(38)29-15-7-5-4-6-14(15)27-17-8-9-33-21(30-17)13(10-26-33)22(37)28-16-11-32(12-18(34)35)31-19(16)20(25)36/h8-11,14-15H,4-7,12H2,1-3H3,(H2,25,36)(H,27,30)(H,28,37)(H,29,38)(H,34,35)/t14-,15+/m1/s1. The first-order chi connectivity index (χ1) is 18.4. The number of fused-ring (bicyclic) bond motifs is 1. The SMILES string of the molecule is CC(C)(C)OC(=O)N[C@H]1CCCC[C@H]1Nc1ccn2ncc(C(=O)Nc3cn(CC(=O)O)nc3C(N)=O)c2n1. The molecule has 0 aliphatic heterocycles. The van der Waals surface area contributed by atoms with Crippen LogP contribution in [-0.4, -0.2) is 71.0 Å². The lowest BCUT2D eigenvalue weighted by atomic mass is 9.90. The molecule has 208 valence electrons. The van der Waals surface area contributed by atoms with Crippen LogP contribution in [0.15, 0.2) is 24.7 Å². The van der Waals surface area contributed by atoms with Crippen LogP contribution < -0.4 is 21.7 Å². The minimum Gasteiger partial charge on any atom is -0.480 e. The zero-order valence-electron chi connectivity index (χ0n) is 21.8. The van der Waals surface area contributed by atoms with Crippen molar-refractivity contribution in [3.8, 4) is 0 Å². The van der Waals surface area contributed by atoms with E-state index in [4.69, 9.17) is 15.6 Å². The highest BCUT2D eigenvalue weighted by Gasteiger charge is 2.29. The number of carboxylic acids is 1. The first kappa shape index (κ1) is 27.3. The van der Waals surface area contributed by atoms with Gasteiger partial charge in [-0.15, -0.1) is 0 Å². The van der Waals surface area contributed by atoms with Gasteiger partial charge in [-0.1, -0.05) is 12.8 Å². The first-order valence-electron chi connectivity index (χ1n) is 12.4. The van der Waals surface area contributed by atoms with Crippen molar-refractivity contribution >= 4 is 41.0 Å². The summed E-state index contributed by atoms with van der Waals surface area (Å²) >= 11 is 0. The van der Waals surface area contributed by atoms with Gasteiger partial charge in [0.1, 0.15) is 23.5 Å². The van der Waals surface area contributed by atoms with E-state index in [0.29, 0.717) is 5.82 Å². The Kier molecular flexibility index (Phi) is 7.69. The molecule has 6 N–H and O–H groups in total. The van der Waals surface area contributed by atoms with Crippen LogP contribution in [-0.2, 0) is 16.1 Å². The van der Waals surface area contributed by atoms with Gasteiger partial charge in [0.2, 0.25) is 0 Å². The molecule has 0 saturated heterocycles. The lowest BCUT2D eigenvalue weighted by Gasteiger charge is -2.33. The van der Waals surface area contributed by atoms with Gasteiger partial charge in [-0.3, -0.25) is 19.1 Å². The van der Waals surface area contributed by atoms with Gasteiger partial charge >= 0.3 is 12.1 Å². The average Bonchev–Trinajstić information content (AvgIpc) is 3.42. The highest BCUT2D eigenvalue weighted by Crippen LogP contribution is 2.23. The number of nitrogens with one attached hydrogen (secondary N) is 3. The maximum Gasteiger partial charge on any atom is 0.407 e. The molecule has 0 unspecified atom stereocenters. The predicted octanol–water partition coefficient (Wildman–Crippen LogP) is 1.61. The van der Waals surface area contributed by atoms with Crippen LogP contribution in [0.5, 0.6) is 0 Å². The summed E-state index contributed by atoms with van der Waals surface area (Å²) in [6, 6.07) is 1.43. The lowest BCUT2D eigenvalue weighted by Crippen LogP contribution is -2.49. The second-order valence-corrected chi connectivity index (χ2v) is 10.2. The van der Waals surface area contributed by atoms with Gasteiger partial charge in [0.05, 0.1) is 24.1 Å².